The molecule has 1 aliphatic rings. The van der Waals surface area contributed by atoms with Crippen LogP contribution in [-0.4, -0.2) is 68.3 Å². The van der Waals surface area contributed by atoms with E-state index in [0.717, 1.165) is 32.7 Å². The molecule has 1 unspecified atom stereocenters. The first kappa shape index (κ1) is 17.9. The largest absolute Gasteiger partial charge is 0.380 e. The molecule has 0 aromatic heterocycles. The molecule has 4 heteroatoms. The van der Waals surface area contributed by atoms with Crippen LogP contribution >= 0.6 is 0 Å². The molecule has 0 aliphatic carbocycles. The molecule has 0 amide bonds. The summed E-state index contributed by atoms with van der Waals surface area (Å²) in [5.74, 6) is 0.635. The second-order valence-electron chi connectivity index (χ2n) is 6.34. The lowest BCUT2D eigenvalue weighted by Crippen LogP contribution is -2.39. The molecule has 2 N–H and O–H groups in total. The third-order valence-corrected chi connectivity index (χ3v) is 4.11. The first-order valence-electron chi connectivity index (χ1n) is 8.41. The molecule has 1 aliphatic heterocycles. The molecule has 1 rings (SSSR count). The van der Waals surface area contributed by atoms with Gasteiger partial charge in [-0.25, -0.2) is 0 Å². The number of hydrogen-bond acceptors (Lipinski definition) is 4. The summed E-state index contributed by atoms with van der Waals surface area (Å²) >= 11 is 0. The minimum atomic E-state index is 0.635. The lowest BCUT2D eigenvalue weighted by atomic mass is 10.1. The van der Waals surface area contributed by atoms with Crippen LogP contribution in [0, 0.1) is 5.92 Å². The average Bonchev–Trinajstić information content (AvgIpc) is 2.66. The lowest BCUT2D eigenvalue weighted by molar-refractivity contribution is 0.0855. The molecule has 0 aromatic rings. The van der Waals surface area contributed by atoms with Gasteiger partial charge >= 0.3 is 0 Å². The van der Waals surface area contributed by atoms with Crippen LogP contribution in [0.1, 0.15) is 40.0 Å². The summed E-state index contributed by atoms with van der Waals surface area (Å²) in [6, 6.07) is 0.678. The molecule has 1 atom stereocenters. The SMILES string of the molecule is CCC(CCN)N1CCCN(CCOCC(C)C)CC1. The summed E-state index contributed by atoms with van der Waals surface area (Å²) in [6.07, 6.45) is 3.62. The highest BCUT2D eigenvalue weighted by molar-refractivity contribution is 4.76. The highest BCUT2D eigenvalue weighted by atomic mass is 16.5. The van der Waals surface area contributed by atoms with E-state index in [-0.39, 0.29) is 0 Å². The fourth-order valence-electron chi connectivity index (χ4n) is 2.93. The van der Waals surface area contributed by atoms with Crippen LogP contribution in [0.2, 0.25) is 0 Å². The van der Waals surface area contributed by atoms with Crippen LogP contribution in [0.15, 0.2) is 0 Å². The zero-order valence-corrected chi connectivity index (χ0v) is 13.8. The molecule has 1 heterocycles. The Bertz CT molecular complexity index is 236. The zero-order chi connectivity index (χ0) is 14.8. The van der Waals surface area contributed by atoms with Crippen molar-refractivity contribution in [3.63, 3.8) is 0 Å². The van der Waals surface area contributed by atoms with Crippen LogP contribution in [0.25, 0.3) is 0 Å². The fraction of sp³-hybridized carbons (Fsp3) is 1.00. The van der Waals surface area contributed by atoms with Crippen molar-refractivity contribution in [1.29, 1.82) is 0 Å². The number of ether oxygens (including phenoxy) is 1. The van der Waals surface area contributed by atoms with Crippen LogP contribution in [0.4, 0.5) is 0 Å². The molecule has 0 spiro atoms. The number of rotatable bonds is 9. The van der Waals surface area contributed by atoms with E-state index in [9.17, 15) is 0 Å². The van der Waals surface area contributed by atoms with Crippen molar-refractivity contribution in [3.8, 4) is 0 Å². The van der Waals surface area contributed by atoms with Crippen molar-refractivity contribution in [2.24, 2.45) is 11.7 Å². The summed E-state index contributed by atoms with van der Waals surface area (Å²) in [5.41, 5.74) is 5.73. The molecule has 0 radical (unpaired) electrons. The number of nitrogens with zero attached hydrogens (tertiary/aromatic N) is 2. The van der Waals surface area contributed by atoms with E-state index in [1.54, 1.807) is 0 Å². The van der Waals surface area contributed by atoms with Crippen molar-refractivity contribution in [3.05, 3.63) is 0 Å². The van der Waals surface area contributed by atoms with Gasteiger partial charge in [0, 0.05) is 32.3 Å². The van der Waals surface area contributed by atoms with Gasteiger partial charge in [0.1, 0.15) is 0 Å². The summed E-state index contributed by atoms with van der Waals surface area (Å²) in [4.78, 5) is 5.19. The van der Waals surface area contributed by atoms with E-state index >= 15 is 0 Å². The monoisotopic (exact) mass is 285 g/mol. The van der Waals surface area contributed by atoms with Gasteiger partial charge in [0.15, 0.2) is 0 Å². The van der Waals surface area contributed by atoms with Crippen molar-refractivity contribution >= 4 is 0 Å². The Labute approximate surface area is 125 Å². The standard InChI is InChI=1S/C16H35N3O/c1-4-16(6-7-17)19-9-5-8-18(10-11-19)12-13-20-14-15(2)3/h15-16H,4-14,17H2,1-3H3. The van der Waals surface area contributed by atoms with Crippen LogP contribution in [0.5, 0.6) is 0 Å². The predicted molar refractivity (Wildman–Crippen MR) is 86.0 cm³/mol. The maximum Gasteiger partial charge on any atom is 0.0593 e. The Hall–Kier alpha value is -0.160. The fourth-order valence-corrected chi connectivity index (χ4v) is 2.93. The quantitative estimate of drug-likeness (QED) is 0.656. The van der Waals surface area contributed by atoms with Gasteiger partial charge in [-0.1, -0.05) is 20.8 Å². The summed E-state index contributed by atoms with van der Waals surface area (Å²) in [6.45, 7) is 15.1. The lowest BCUT2D eigenvalue weighted by Gasteiger charge is -2.29. The molecule has 120 valence electrons. The van der Waals surface area contributed by atoms with Gasteiger partial charge in [-0.2, -0.15) is 0 Å². The van der Waals surface area contributed by atoms with Gasteiger partial charge in [0.05, 0.1) is 6.61 Å². The molecule has 1 fully saturated rings. The summed E-state index contributed by atoms with van der Waals surface area (Å²) < 4.78 is 5.70. The zero-order valence-electron chi connectivity index (χ0n) is 13.8. The molecule has 1 saturated heterocycles. The molecule has 20 heavy (non-hydrogen) atoms. The van der Waals surface area contributed by atoms with E-state index in [1.165, 1.54) is 39.0 Å². The maximum absolute atomic E-state index is 5.73. The Morgan fingerprint density at radius 1 is 1.15 bits per heavy atom. The van der Waals surface area contributed by atoms with Crippen molar-refractivity contribution in [1.82, 2.24) is 9.80 Å². The van der Waals surface area contributed by atoms with Crippen molar-refractivity contribution in [2.75, 3.05) is 52.5 Å². The minimum Gasteiger partial charge on any atom is -0.380 e. The Morgan fingerprint density at radius 3 is 2.60 bits per heavy atom. The Balaban J connectivity index is 2.24. The van der Waals surface area contributed by atoms with Crippen LogP contribution in [0.3, 0.4) is 0 Å². The highest BCUT2D eigenvalue weighted by Gasteiger charge is 2.20. The molecule has 0 bridgehead atoms. The second-order valence-corrected chi connectivity index (χ2v) is 6.34. The third-order valence-electron chi connectivity index (χ3n) is 4.11. The van der Waals surface area contributed by atoms with Crippen LogP contribution in [-0.2, 0) is 4.74 Å². The first-order valence-corrected chi connectivity index (χ1v) is 8.41. The van der Waals surface area contributed by atoms with Gasteiger partial charge in [0.2, 0.25) is 0 Å². The van der Waals surface area contributed by atoms with E-state index in [4.69, 9.17) is 10.5 Å². The normalized spacial score (nSPS) is 20.2. The molecule has 0 saturated carbocycles. The predicted octanol–water partition coefficient (Wildman–Crippen LogP) is 1.79. The smallest absolute Gasteiger partial charge is 0.0593 e. The van der Waals surface area contributed by atoms with Gasteiger partial charge in [-0.3, -0.25) is 9.80 Å². The highest BCUT2D eigenvalue weighted by Crippen LogP contribution is 2.12. The third kappa shape index (κ3) is 7.02. The van der Waals surface area contributed by atoms with E-state index in [0.29, 0.717) is 12.0 Å². The summed E-state index contributed by atoms with van der Waals surface area (Å²) in [7, 11) is 0. The molecule has 4 nitrogen and oxygen atoms in total. The number of hydrogen-bond donors (Lipinski definition) is 1. The van der Waals surface area contributed by atoms with E-state index in [1.807, 2.05) is 0 Å². The Morgan fingerprint density at radius 2 is 1.95 bits per heavy atom. The van der Waals surface area contributed by atoms with E-state index < -0.39 is 0 Å². The summed E-state index contributed by atoms with van der Waals surface area (Å²) in [5, 5.41) is 0. The second kappa shape index (κ2) is 10.6. The molecular weight excluding hydrogens is 250 g/mol. The minimum absolute atomic E-state index is 0.635. The maximum atomic E-state index is 5.73. The molecular formula is C16H35N3O. The van der Waals surface area contributed by atoms with Crippen molar-refractivity contribution in [2.45, 2.75) is 46.1 Å². The average molecular weight is 285 g/mol. The topological polar surface area (TPSA) is 41.7 Å². The van der Waals surface area contributed by atoms with Crippen molar-refractivity contribution < 1.29 is 4.74 Å². The van der Waals surface area contributed by atoms with Crippen LogP contribution < -0.4 is 5.73 Å². The number of nitrogens with two attached hydrogens (primary N) is 1. The molecule has 0 aromatic carbocycles. The van der Waals surface area contributed by atoms with Gasteiger partial charge in [-0.15, -0.1) is 0 Å². The van der Waals surface area contributed by atoms with Gasteiger partial charge in [-0.05, 0) is 44.8 Å². The van der Waals surface area contributed by atoms with E-state index in [2.05, 4.69) is 30.6 Å². The first-order chi connectivity index (χ1) is 9.67. The Kier molecular flexibility index (Phi) is 9.44. The van der Waals surface area contributed by atoms with Gasteiger partial charge < -0.3 is 10.5 Å². The van der Waals surface area contributed by atoms with Gasteiger partial charge in [0.25, 0.3) is 0 Å².